The molecule has 1 aliphatic rings. The lowest BCUT2D eigenvalue weighted by atomic mass is 10.2. The van der Waals surface area contributed by atoms with Gasteiger partial charge in [-0.2, -0.15) is 0 Å². The van der Waals surface area contributed by atoms with Crippen LogP contribution in [0.3, 0.4) is 0 Å². The molecule has 2 N–H and O–H groups in total. The number of carboxylic acids is 2. The van der Waals surface area contributed by atoms with Crippen molar-refractivity contribution in [2.45, 2.75) is 0 Å². The minimum Gasteiger partial charge on any atom is -0.480 e. The largest absolute Gasteiger partial charge is 0.480 e. The lowest BCUT2D eigenvalue weighted by Gasteiger charge is -2.09. The Labute approximate surface area is 154 Å². The van der Waals surface area contributed by atoms with Crippen molar-refractivity contribution in [3.8, 4) is 5.75 Å². The van der Waals surface area contributed by atoms with Crippen molar-refractivity contribution >= 4 is 64.1 Å². The highest BCUT2D eigenvalue weighted by Crippen LogP contribution is 2.37. The van der Waals surface area contributed by atoms with Crippen LogP contribution in [0.2, 0.25) is 10.0 Å². The van der Waals surface area contributed by atoms with E-state index in [1.807, 2.05) is 0 Å². The summed E-state index contributed by atoms with van der Waals surface area (Å²) in [5.74, 6) is -3.28. The summed E-state index contributed by atoms with van der Waals surface area (Å²) < 4.78 is 4.97. The summed E-state index contributed by atoms with van der Waals surface area (Å²) in [7, 11) is 0. The highest BCUT2D eigenvalue weighted by atomic mass is 35.5. The van der Waals surface area contributed by atoms with Crippen LogP contribution < -0.4 is 4.74 Å². The second kappa shape index (κ2) is 7.77. The number of ether oxygens (including phenoxy) is 1. The summed E-state index contributed by atoms with van der Waals surface area (Å²) in [5, 5.41) is 16.7. The molecule has 11 heteroatoms. The maximum absolute atomic E-state index is 12.1. The molecular formula is C14H9Cl2NO7S. The van der Waals surface area contributed by atoms with Crippen molar-refractivity contribution in [1.82, 2.24) is 4.90 Å². The van der Waals surface area contributed by atoms with Crippen molar-refractivity contribution in [3.05, 3.63) is 32.6 Å². The zero-order chi connectivity index (χ0) is 18.7. The summed E-state index contributed by atoms with van der Waals surface area (Å²) >= 11 is 12.6. The van der Waals surface area contributed by atoms with Crippen molar-refractivity contribution < 1.29 is 34.1 Å². The molecule has 25 heavy (non-hydrogen) atoms. The lowest BCUT2D eigenvalue weighted by Crippen LogP contribution is -2.33. The van der Waals surface area contributed by atoms with Crippen LogP contribution >= 0.6 is 35.0 Å². The number of hydrogen-bond donors (Lipinski definition) is 2. The number of benzene rings is 1. The number of halogens is 2. The van der Waals surface area contributed by atoms with E-state index in [-0.39, 0.29) is 20.7 Å². The van der Waals surface area contributed by atoms with Gasteiger partial charge in [-0.25, -0.2) is 4.79 Å². The molecule has 1 aliphatic heterocycles. The van der Waals surface area contributed by atoms with Gasteiger partial charge in [0, 0.05) is 0 Å². The van der Waals surface area contributed by atoms with E-state index >= 15 is 0 Å². The van der Waals surface area contributed by atoms with Gasteiger partial charge in [-0.05, 0) is 35.5 Å². The topological polar surface area (TPSA) is 121 Å². The Bertz CT molecular complexity index is 785. The number of carbonyl (C=O) groups is 4. The number of carboxylic acid groups (broad SMARTS) is 2. The third-order valence-corrected chi connectivity index (χ3v) is 4.29. The van der Waals surface area contributed by atoms with Gasteiger partial charge in [-0.1, -0.05) is 23.2 Å². The smallest absolute Gasteiger partial charge is 0.341 e. The van der Waals surface area contributed by atoms with Gasteiger partial charge < -0.3 is 14.9 Å². The van der Waals surface area contributed by atoms with E-state index in [1.165, 1.54) is 18.2 Å². The van der Waals surface area contributed by atoms with E-state index < -0.39 is 36.2 Å². The van der Waals surface area contributed by atoms with Gasteiger partial charge in [0.25, 0.3) is 11.1 Å². The summed E-state index contributed by atoms with van der Waals surface area (Å²) in [5.41, 5.74) is 0.360. The standard InChI is InChI=1S/C14H9Cl2NO7S/c15-7-1-6(2-8(16)12(7)24-5-11(20)21)3-9-13(22)17(4-10(18)19)14(23)25-9/h1-3H,4-5H2,(H,18,19)(H,20,21)/b9-3+. The molecular weight excluding hydrogens is 397 g/mol. The molecule has 1 fully saturated rings. The highest BCUT2D eigenvalue weighted by Gasteiger charge is 2.36. The normalized spacial score (nSPS) is 15.8. The van der Waals surface area contributed by atoms with E-state index in [0.29, 0.717) is 22.2 Å². The first-order valence-electron chi connectivity index (χ1n) is 6.50. The number of imide groups is 1. The average Bonchev–Trinajstić information content (AvgIpc) is 2.73. The molecule has 2 rings (SSSR count). The summed E-state index contributed by atoms with van der Waals surface area (Å²) in [4.78, 5) is 45.6. The van der Waals surface area contributed by atoms with Crippen LogP contribution in [-0.2, 0) is 14.4 Å². The van der Waals surface area contributed by atoms with Crippen LogP contribution in [-0.4, -0.2) is 51.3 Å². The Morgan fingerprint density at radius 2 is 1.76 bits per heavy atom. The monoisotopic (exact) mass is 405 g/mol. The molecule has 8 nitrogen and oxygen atoms in total. The van der Waals surface area contributed by atoms with Crippen LogP contribution in [0.5, 0.6) is 5.75 Å². The Kier molecular flexibility index (Phi) is 5.93. The molecule has 2 amide bonds. The first kappa shape index (κ1) is 19.1. The Hall–Kier alpha value is -2.23. The number of nitrogens with zero attached hydrogens (tertiary/aromatic N) is 1. The fourth-order valence-electron chi connectivity index (χ4n) is 1.86. The third-order valence-electron chi connectivity index (χ3n) is 2.83. The number of thioether (sulfide) groups is 1. The number of hydrogen-bond acceptors (Lipinski definition) is 6. The minimum atomic E-state index is -1.31. The molecule has 0 aromatic heterocycles. The molecule has 1 heterocycles. The lowest BCUT2D eigenvalue weighted by molar-refractivity contribution is -0.140. The molecule has 0 saturated carbocycles. The predicted octanol–water partition coefficient (Wildman–Crippen LogP) is 2.58. The Morgan fingerprint density at radius 3 is 2.28 bits per heavy atom. The Balaban J connectivity index is 2.26. The fourth-order valence-corrected chi connectivity index (χ4v) is 3.31. The van der Waals surface area contributed by atoms with Crippen molar-refractivity contribution in [3.63, 3.8) is 0 Å². The summed E-state index contributed by atoms with van der Waals surface area (Å²) in [6, 6.07) is 2.74. The van der Waals surface area contributed by atoms with Crippen molar-refractivity contribution in [2.75, 3.05) is 13.2 Å². The molecule has 1 saturated heterocycles. The molecule has 132 valence electrons. The zero-order valence-electron chi connectivity index (χ0n) is 12.2. The second-order valence-electron chi connectivity index (χ2n) is 4.66. The van der Waals surface area contributed by atoms with Gasteiger partial charge in [-0.15, -0.1) is 0 Å². The highest BCUT2D eigenvalue weighted by molar-refractivity contribution is 8.18. The van der Waals surface area contributed by atoms with Crippen LogP contribution in [0.25, 0.3) is 6.08 Å². The molecule has 0 atom stereocenters. The minimum absolute atomic E-state index is 0.0117. The van der Waals surface area contributed by atoms with Crippen LogP contribution in [0.15, 0.2) is 17.0 Å². The summed E-state index contributed by atoms with van der Waals surface area (Å²) in [6.07, 6.45) is 1.32. The third kappa shape index (κ3) is 4.65. The fraction of sp³-hybridized carbons (Fsp3) is 0.143. The average molecular weight is 406 g/mol. The molecule has 0 radical (unpaired) electrons. The van der Waals surface area contributed by atoms with Gasteiger partial charge in [0.15, 0.2) is 12.4 Å². The SMILES string of the molecule is O=C(O)COc1c(Cl)cc(/C=C2/SC(=O)N(CC(=O)O)C2=O)cc1Cl. The van der Waals surface area contributed by atoms with Gasteiger partial charge in [0.2, 0.25) is 0 Å². The van der Waals surface area contributed by atoms with Crippen LogP contribution in [0.4, 0.5) is 4.79 Å². The second-order valence-corrected chi connectivity index (χ2v) is 6.47. The van der Waals surface area contributed by atoms with Crippen molar-refractivity contribution in [1.29, 1.82) is 0 Å². The van der Waals surface area contributed by atoms with E-state index in [2.05, 4.69) is 0 Å². The van der Waals surface area contributed by atoms with Crippen LogP contribution in [0.1, 0.15) is 5.56 Å². The van der Waals surface area contributed by atoms with E-state index in [4.69, 9.17) is 38.2 Å². The number of amides is 2. The molecule has 0 unspecified atom stereocenters. The zero-order valence-corrected chi connectivity index (χ0v) is 14.5. The van der Waals surface area contributed by atoms with Gasteiger partial charge in [-0.3, -0.25) is 19.3 Å². The number of carbonyl (C=O) groups excluding carboxylic acids is 2. The summed E-state index contributed by atoms with van der Waals surface area (Å²) in [6.45, 7) is -1.36. The maximum atomic E-state index is 12.1. The van der Waals surface area contributed by atoms with Crippen LogP contribution in [0, 0.1) is 0 Å². The van der Waals surface area contributed by atoms with Gasteiger partial charge in [0.05, 0.1) is 15.0 Å². The van der Waals surface area contributed by atoms with E-state index in [1.54, 1.807) is 0 Å². The van der Waals surface area contributed by atoms with Gasteiger partial charge in [0.1, 0.15) is 6.54 Å². The van der Waals surface area contributed by atoms with E-state index in [0.717, 1.165) is 0 Å². The molecule has 0 aliphatic carbocycles. The number of rotatable bonds is 6. The molecule has 0 bridgehead atoms. The van der Waals surface area contributed by atoms with Crippen molar-refractivity contribution in [2.24, 2.45) is 0 Å². The van der Waals surface area contributed by atoms with E-state index in [9.17, 15) is 19.2 Å². The van der Waals surface area contributed by atoms with Gasteiger partial charge >= 0.3 is 11.9 Å². The molecule has 1 aromatic rings. The first-order chi connectivity index (χ1) is 11.7. The predicted molar refractivity (Wildman–Crippen MR) is 89.9 cm³/mol. The quantitative estimate of drug-likeness (QED) is 0.692. The first-order valence-corrected chi connectivity index (χ1v) is 8.07. The Morgan fingerprint density at radius 1 is 1.16 bits per heavy atom. The molecule has 1 aromatic carbocycles. The number of aliphatic carboxylic acids is 2. The molecule has 0 spiro atoms. The maximum Gasteiger partial charge on any atom is 0.341 e.